The van der Waals surface area contributed by atoms with Crippen molar-refractivity contribution in [2.45, 2.75) is 32.2 Å². The Kier molecular flexibility index (Phi) is 3.55. The zero-order valence-electron chi connectivity index (χ0n) is 9.75. The molecular formula is C13H14FNO2. The van der Waals surface area contributed by atoms with Gasteiger partial charge in [-0.2, -0.15) is 0 Å². The average Bonchev–Trinajstić information content (AvgIpc) is 2.38. The number of halogens is 1. The Hall–Kier alpha value is -1.67. The fourth-order valence-corrected chi connectivity index (χ4v) is 2.34. The van der Waals surface area contributed by atoms with Gasteiger partial charge >= 0.3 is 0 Å². The molecule has 1 aliphatic rings. The summed E-state index contributed by atoms with van der Waals surface area (Å²) in [6, 6.07) is 1.64. The van der Waals surface area contributed by atoms with Gasteiger partial charge in [0.25, 0.3) is 0 Å². The summed E-state index contributed by atoms with van der Waals surface area (Å²) in [6.07, 6.45) is 5.07. The third kappa shape index (κ3) is 2.22. The molecule has 0 atom stereocenters. The second-order valence-electron chi connectivity index (χ2n) is 4.12. The third-order valence-electron chi connectivity index (χ3n) is 3.15. The van der Waals surface area contributed by atoms with E-state index in [0.29, 0.717) is 11.3 Å². The minimum absolute atomic E-state index is 0.0268. The van der Waals surface area contributed by atoms with Gasteiger partial charge in [-0.25, -0.2) is 14.2 Å². The molecule has 0 bridgehead atoms. The summed E-state index contributed by atoms with van der Waals surface area (Å²) in [5, 5.41) is 0. The van der Waals surface area contributed by atoms with Crippen LogP contribution in [-0.4, -0.2) is 13.2 Å². The Morgan fingerprint density at radius 1 is 1.41 bits per heavy atom. The van der Waals surface area contributed by atoms with E-state index in [4.69, 9.17) is 4.74 Å². The minimum Gasteiger partial charge on any atom is -0.496 e. The van der Waals surface area contributed by atoms with Crippen LogP contribution in [-0.2, 0) is 24.2 Å². The number of fused-ring (bicyclic) bond motifs is 1. The highest BCUT2D eigenvalue weighted by atomic mass is 19.1. The first kappa shape index (κ1) is 11.8. The van der Waals surface area contributed by atoms with E-state index in [9.17, 15) is 9.18 Å². The molecule has 0 unspecified atom stereocenters. The van der Waals surface area contributed by atoms with Gasteiger partial charge in [0.1, 0.15) is 11.6 Å². The lowest BCUT2D eigenvalue weighted by molar-refractivity contribution is 0.402. The van der Waals surface area contributed by atoms with Gasteiger partial charge in [-0.15, -0.1) is 0 Å². The first-order valence-corrected chi connectivity index (χ1v) is 5.68. The maximum absolute atomic E-state index is 14.1. The van der Waals surface area contributed by atoms with Crippen LogP contribution in [0.1, 0.15) is 29.5 Å². The lowest BCUT2D eigenvalue weighted by atomic mass is 9.89. The van der Waals surface area contributed by atoms with E-state index in [1.165, 1.54) is 6.08 Å². The van der Waals surface area contributed by atoms with Crippen molar-refractivity contribution >= 4 is 6.08 Å². The van der Waals surface area contributed by atoms with Crippen LogP contribution in [0.15, 0.2) is 11.1 Å². The van der Waals surface area contributed by atoms with Gasteiger partial charge in [-0.05, 0) is 37.3 Å². The Morgan fingerprint density at radius 3 is 2.76 bits per heavy atom. The largest absolute Gasteiger partial charge is 0.496 e. The third-order valence-corrected chi connectivity index (χ3v) is 3.15. The minimum atomic E-state index is -0.237. The summed E-state index contributed by atoms with van der Waals surface area (Å²) in [5.74, 6) is 0.469. The fraction of sp³-hybridized carbons (Fsp3) is 0.462. The molecule has 1 aliphatic carbocycles. The van der Waals surface area contributed by atoms with Gasteiger partial charge < -0.3 is 4.74 Å². The van der Waals surface area contributed by atoms with Crippen molar-refractivity contribution in [3.63, 3.8) is 0 Å². The zero-order valence-corrected chi connectivity index (χ0v) is 9.75. The van der Waals surface area contributed by atoms with Gasteiger partial charge in [0.15, 0.2) is 0 Å². The molecule has 1 aromatic rings. The Morgan fingerprint density at radius 2 is 2.12 bits per heavy atom. The summed E-state index contributed by atoms with van der Waals surface area (Å²) >= 11 is 0. The molecule has 17 heavy (non-hydrogen) atoms. The van der Waals surface area contributed by atoms with E-state index in [2.05, 4.69) is 4.99 Å². The molecule has 0 fully saturated rings. The van der Waals surface area contributed by atoms with Crippen LogP contribution in [0.25, 0.3) is 0 Å². The number of carbonyl (C=O) groups excluding carboxylic acids is 1. The molecule has 4 heteroatoms. The number of hydrogen-bond acceptors (Lipinski definition) is 3. The molecule has 0 heterocycles. The Labute approximate surface area is 99.3 Å². The van der Waals surface area contributed by atoms with E-state index in [-0.39, 0.29) is 12.4 Å². The topological polar surface area (TPSA) is 38.7 Å². The number of benzene rings is 1. The van der Waals surface area contributed by atoms with Crippen LogP contribution in [0, 0.1) is 5.82 Å². The maximum Gasteiger partial charge on any atom is 0.235 e. The lowest BCUT2D eigenvalue weighted by Crippen LogP contribution is -2.10. The molecule has 90 valence electrons. The number of isocyanates is 1. The van der Waals surface area contributed by atoms with Crippen molar-refractivity contribution in [2.75, 3.05) is 7.11 Å². The van der Waals surface area contributed by atoms with Gasteiger partial charge in [-0.1, -0.05) is 0 Å². The number of nitrogens with zero attached hydrogens (tertiary/aromatic N) is 1. The molecule has 0 aliphatic heterocycles. The molecule has 2 rings (SSSR count). The summed E-state index contributed by atoms with van der Waals surface area (Å²) < 4.78 is 19.4. The molecule has 1 aromatic carbocycles. The van der Waals surface area contributed by atoms with Gasteiger partial charge in [0.05, 0.1) is 13.7 Å². The second-order valence-corrected chi connectivity index (χ2v) is 4.12. The lowest BCUT2D eigenvalue weighted by Gasteiger charge is -2.20. The van der Waals surface area contributed by atoms with E-state index < -0.39 is 0 Å². The smallest absolute Gasteiger partial charge is 0.235 e. The monoisotopic (exact) mass is 235 g/mol. The first-order chi connectivity index (χ1) is 8.27. The molecule has 0 spiro atoms. The van der Waals surface area contributed by atoms with E-state index in [1.54, 1.807) is 13.2 Å². The van der Waals surface area contributed by atoms with Crippen molar-refractivity contribution in [1.82, 2.24) is 0 Å². The summed E-state index contributed by atoms with van der Waals surface area (Å²) in [6.45, 7) is 0.0268. The van der Waals surface area contributed by atoms with Crippen LogP contribution < -0.4 is 4.74 Å². The standard InChI is InChI=1S/C13H14FNO2/c1-17-12-6-9(7-15-8-16)13(14)11-5-3-2-4-10(11)12/h6H,2-5,7H2,1H3. The number of aliphatic imine (C=N–C) groups is 1. The quantitative estimate of drug-likeness (QED) is 0.596. The van der Waals surface area contributed by atoms with Gasteiger partial charge in [-0.3, -0.25) is 0 Å². The highest BCUT2D eigenvalue weighted by molar-refractivity contribution is 5.47. The van der Waals surface area contributed by atoms with E-state index >= 15 is 0 Å². The maximum atomic E-state index is 14.1. The van der Waals surface area contributed by atoms with Gasteiger partial charge in [0, 0.05) is 11.1 Å². The average molecular weight is 235 g/mol. The number of ether oxygens (including phenoxy) is 1. The SMILES string of the molecule is COc1cc(CN=C=O)c(F)c2c1CCCC2. The van der Waals surface area contributed by atoms with Crippen molar-refractivity contribution in [3.05, 3.63) is 28.6 Å². The first-order valence-electron chi connectivity index (χ1n) is 5.68. The zero-order chi connectivity index (χ0) is 12.3. The van der Waals surface area contributed by atoms with Crippen LogP contribution in [0.2, 0.25) is 0 Å². The predicted molar refractivity (Wildman–Crippen MR) is 61.4 cm³/mol. The molecule has 0 radical (unpaired) electrons. The number of rotatable bonds is 3. The predicted octanol–water partition coefficient (Wildman–Crippen LogP) is 2.55. The molecule has 0 N–H and O–H groups in total. The van der Waals surface area contributed by atoms with Crippen LogP contribution >= 0.6 is 0 Å². The van der Waals surface area contributed by atoms with Crippen molar-refractivity contribution in [3.8, 4) is 5.75 Å². The summed E-state index contributed by atoms with van der Waals surface area (Å²) in [5.41, 5.74) is 2.10. The van der Waals surface area contributed by atoms with Crippen LogP contribution in [0.4, 0.5) is 4.39 Å². The Balaban J connectivity index is 2.51. The summed E-state index contributed by atoms with van der Waals surface area (Å²) in [7, 11) is 1.58. The molecule has 0 amide bonds. The summed E-state index contributed by atoms with van der Waals surface area (Å²) in [4.78, 5) is 13.5. The molecule has 0 saturated heterocycles. The highest BCUT2D eigenvalue weighted by Gasteiger charge is 2.21. The fourth-order valence-electron chi connectivity index (χ4n) is 2.34. The van der Waals surface area contributed by atoms with Crippen molar-refractivity contribution < 1.29 is 13.9 Å². The molecule has 0 aromatic heterocycles. The van der Waals surface area contributed by atoms with Crippen LogP contribution in [0.3, 0.4) is 0 Å². The van der Waals surface area contributed by atoms with Crippen LogP contribution in [0.5, 0.6) is 5.75 Å². The molecule has 3 nitrogen and oxygen atoms in total. The number of methoxy groups -OCH3 is 1. The van der Waals surface area contributed by atoms with Crippen molar-refractivity contribution in [2.24, 2.45) is 4.99 Å². The Bertz CT molecular complexity index is 479. The normalized spacial score (nSPS) is 13.8. The van der Waals surface area contributed by atoms with Gasteiger partial charge in [0.2, 0.25) is 6.08 Å². The van der Waals surface area contributed by atoms with E-state index in [0.717, 1.165) is 36.8 Å². The highest BCUT2D eigenvalue weighted by Crippen LogP contribution is 2.33. The second kappa shape index (κ2) is 5.11. The van der Waals surface area contributed by atoms with E-state index in [1.807, 2.05) is 0 Å². The van der Waals surface area contributed by atoms with Crippen molar-refractivity contribution in [1.29, 1.82) is 0 Å². The molecule has 0 saturated carbocycles. The number of hydrogen-bond donors (Lipinski definition) is 0. The molecular weight excluding hydrogens is 221 g/mol.